The lowest BCUT2D eigenvalue weighted by molar-refractivity contribution is -0.141. The minimum absolute atomic E-state index is 0.0486. The Morgan fingerprint density at radius 2 is 2.00 bits per heavy atom. The number of rotatable bonds is 6. The van der Waals surface area contributed by atoms with Crippen LogP contribution < -0.4 is 5.32 Å². The molecule has 1 unspecified atom stereocenters. The molecule has 1 aromatic rings. The first-order valence-electron chi connectivity index (χ1n) is 6.44. The largest absolute Gasteiger partial charge is 0.481 e. The van der Waals surface area contributed by atoms with Gasteiger partial charge in [-0.3, -0.25) is 4.79 Å². The zero-order valence-corrected chi connectivity index (χ0v) is 13.3. The molecule has 0 saturated heterocycles. The van der Waals surface area contributed by atoms with Crippen LogP contribution in [0.3, 0.4) is 0 Å². The summed E-state index contributed by atoms with van der Waals surface area (Å²) in [5.74, 6) is -1.60. The van der Waals surface area contributed by atoms with Gasteiger partial charge < -0.3 is 10.4 Å². The lowest BCUT2D eigenvalue weighted by atomic mass is 9.97. The first kappa shape index (κ1) is 17.8. The van der Waals surface area contributed by atoms with E-state index in [1.54, 1.807) is 0 Å². The highest BCUT2D eigenvalue weighted by Gasteiger charge is 2.33. The highest BCUT2D eigenvalue weighted by molar-refractivity contribution is 9.10. The van der Waals surface area contributed by atoms with Gasteiger partial charge >= 0.3 is 12.1 Å². The summed E-state index contributed by atoms with van der Waals surface area (Å²) >= 11 is 3.12. The summed E-state index contributed by atoms with van der Waals surface area (Å²) in [7, 11) is 0. The monoisotopic (exact) mass is 367 g/mol. The molecule has 3 nitrogen and oxygen atoms in total. The summed E-state index contributed by atoms with van der Waals surface area (Å²) in [6.45, 7) is 3.69. The zero-order chi connectivity index (χ0) is 16.2. The molecule has 0 aromatic heterocycles. The van der Waals surface area contributed by atoms with E-state index in [1.807, 2.05) is 13.8 Å². The number of benzene rings is 1. The van der Waals surface area contributed by atoms with Crippen LogP contribution in [0.2, 0.25) is 0 Å². The number of halogens is 4. The maximum atomic E-state index is 12.9. The minimum atomic E-state index is -4.49. The molecular formula is C14H17BrF3NO2. The topological polar surface area (TPSA) is 49.3 Å². The normalized spacial score (nSPS) is 13.3. The molecule has 0 amide bonds. The smallest absolute Gasteiger partial charge is 0.418 e. The molecule has 1 rings (SSSR count). The number of alkyl halides is 3. The van der Waals surface area contributed by atoms with E-state index in [0.29, 0.717) is 10.9 Å². The maximum absolute atomic E-state index is 12.9. The van der Waals surface area contributed by atoms with Crippen molar-refractivity contribution in [1.82, 2.24) is 0 Å². The van der Waals surface area contributed by atoms with Crippen LogP contribution in [-0.4, -0.2) is 17.6 Å². The van der Waals surface area contributed by atoms with Gasteiger partial charge in [0.15, 0.2) is 0 Å². The molecule has 1 aromatic carbocycles. The Balaban J connectivity index is 2.91. The maximum Gasteiger partial charge on any atom is 0.418 e. The van der Waals surface area contributed by atoms with Crippen LogP contribution in [0.4, 0.5) is 18.9 Å². The van der Waals surface area contributed by atoms with Gasteiger partial charge in [-0.2, -0.15) is 13.2 Å². The predicted molar refractivity (Wildman–Crippen MR) is 78.2 cm³/mol. The van der Waals surface area contributed by atoms with Crippen molar-refractivity contribution in [2.75, 3.05) is 11.9 Å². The quantitative estimate of drug-likeness (QED) is 0.770. The number of aliphatic carboxylic acids is 1. The Morgan fingerprint density at radius 3 is 2.48 bits per heavy atom. The molecule has 0 fully saturated rings. The van der Waals surface area contributed by atoms with Gasteiger partial charge in [-0.1, -0.05) is 29.8 Å². The molecule has 0 aliphatic heterocycles. The summed E-state index contributed by atoms with van der Waals surface area (Å²) in [6, 6.07) is 3.57. The SMILES string of the molecule is CC(C)CC(CNc1cc(Br)ccc1C(F)(F)F)C(=O)O. The van der Waals surface area contributed by atoms with E-state index in [-0.39, 0.29) is 18.2 Å². The zero-order valence-electron chi connectivity index (χ0n) is 11.7. The Bertz CT molecular complexity index is 503. The van der Waals surface area contributed by atoms with Crippen molar-refractivity contribution < 1.29 is 23.1 Å². The van der Waals surface area contributed by atoms with Crippen LogP contribution >= 0.6 is 15.9 Å². The molecule has 0 aliphatic rings. The van der Waals surface area contributed by atoms with Crippen molar-refractivity contribution in [3.63, 3.8) is 0 Å². The minimum Gasteiger partial charge on any atom is -0.481 e. The van der Waals surface area contributed by atoms with E-state index in [1.165, 1.54) is 12.1 Å². The van der Waals surface area contributed by atoms with Crippen LogP contribution in [0.25, 0.3) is 0 Å². The second-order valence-corrected chi connectivity index (χ2v) is 6.15. The average Bonchev–Trinajstić information content (AvgIpc) is 2.32. The summed E-state index contributed by atoms with van der Waals surface area (Å²) in [5.41, 5.74) is -0.925. The fourth-order valence-corrected chi connectivity index (χ4v) is 2.34. The van der Waals surface area contributed by atoms with Gasteiger partial charge in [-0.25, -0.2) is 0 Å². The molecule has 7 heteroatoms. The highest BCUT2D eigenvalue weighted by Crippen LogP contribution is 2.36. The summed E-state index contributed by atoms with van der Waals surface area (Å²) < 4.78 is 39.2. The van der Waals surface area contributed by atoms with Crippen LogP contribution in [0, 0.1) is 11.8 Å². The number of anilines is 1. The predicted octanol–water partition coefficient (Wildman–Crippen LogP) is 4.63. The fraction of sp³-hybridized carbons (Fsp3) is 0.500. The molecule has 0 saturated carbocycles. The van der Waals surface area contributed by atoms with Crippen LogP contribution in [0.15, 0.2) is 22.7 Å². The number of hydrogen-bond donors (Lipinski definition) is 2. The first-order chi connectivity index (χ1) is 9.61. The van der Waals surface area contributed by atoms with Crippen molar-refractivity contribution in [2.45, 2.75) is 26.4 Å². The van der Waals surface area contributed by atoms with Crippen LogP contribution in [0.5, 0.6) is 0 Å². The van der Waals surface area contributed by atoms with Crippen molar-refractivity contribution in [3.05, 3.63) is 28.2 Å². The average molecular weight is 368 g/mol. The molecular weight excluding hydrogens is 351 g/mol. The van der Waals surface area contributed by atoms with E-state index in [2.05, 4.69) is 21.2 Å². The van der Waals surface area contributed by atoms with E-state index < -0.39 is 23.6 Å². The summed E-state index contributed by atoms with van der Waals surface area (Å²) in [4.78, 5) is 11.1. The van der Waals surface area contributed by atoms with Crippen molar-refractivity contribution in [3.8, 4) is 0 Å². The molecule has 1 atom stereocenters. The number of carboxylic acid groups (broad SMARTS) is 1. The Hall–Kier alpha value is -1.24. The fourth-order valence-electron chi connectivity index (χ4n) is 1.98. The third kappa shape index (κ3) is 5.57. The number of nitrogens with one attached hydrogen (secondary N) is 1. The lowest BCUT2D eigenvalue weighted by Gasteiger charge is -2.19. The molecule has 118 valence electrons. The molecule has 0 heterocycles. The second kappa shape index (κ2) is 7.15. The van der Waals surface area contributed by atoms with Gasteiger partial charge in [0.1, 0.15) is 0 Å². The van der Waals surface area contributed by atoms with Crippen molar-refractivity contribution >= 4 is 27.6 Å². The third-order valence-corrected chi connectivity index (χ3v) is 3.42. The Morgan fingerprint density at radius 1 is 1.38 bits per heavy atom. The van der Waals surface area contributed by atoms with E-state index >= 15 is 0 Å². The second-order valence-electron chi connectivity index (χ2n) is 5.23. The number of carboxylic acids is 1. The molecule has 0 bridgehead atoms. The molecule has 0 spiro atoms. The van der Waals surface area contributed by atoms with E-state index in [4.69, 9.17) is 5.11 Å². The third-order valence-electron chi connectivity index (χ3n) is 2.93. The van der Waals surface area contributed by atoms with Gasteiger partial charge in [0, 0.05) is 16.7 Å². The molecule has 0 radical (unpaired) electrons. The molecule has 2 N–H and O–H groups in total. The van der Waals surface area contributed by atoms with Gasteiger partial charge in [0.2, 0.25) is 0 Å². The van der Waals surface area contributed by atoms with E-state index in [9.17, 15) is 18.0 Å². The van der Waals surface area contributed by atoms with Gasteiger partial charge in [0.25, 0.3) is 0 Å². The van der Waals surface area contributed by atoms with Gasteiger partial charge in [-0.05, 0) is 30.5 Å². The Labute approximate surface area is 129 Å². The molecule has 0 aliphatic carbocycles. The first-order valence-corrected chi connectivity index (χ1v) is 7.24. The van der Waals surface area contributed by atoms with Crippen molar-refractivity contribution in [2.24, 2.45) is 11.8 Å². The van der Waals surface area contributed by atoms with Gasteiger partial charge in [-0.15, -0.1) is 0 Å². The standard InChI is InChI=1S/C14H17BrF3NO2/c1-8(2)5-9(13(20)21)7-19-12-6-10(15)3-4-11(12)14(16,17)18/h3-4,6,8-9,19H,5,7H2,1-2H3,(H,20,21). The molecule has 21 heavy (non-hydrogen) atoms. The number of carbonyl (C=O) groups is 1. The highest BCUT2D eigenvalue weighted by atomic mass is 79.9. The van der Waals surface area contributed by atoms with E-state index in [0.717, 1.165) is 6.07 Å². The summed E-state index contributed by atoms with van der Waals surface area (Å²) in [6.07, 6.45) is -4.09. The lowest BCUT2D eigenvalue weighted by Crippen LogP contribution is -2.25. The van der Waals surface area contributed by atoms with Crippen LogP contribution in [-0.2, 0) is 11.0 Å². The van der Waals surface area contributed by atoms with Gasteiger partial charge in [0.05, 0.1) is 11.5 Å². The van der Waals surface area contributed by atoms with Crippen LogP contribution in [0.1, 0.15) is 25.8 Å². The number of hydrogen-bond acceptors (Lipinski definition) is 2. The van der Waals surface area contributed by atoms with Crippen molar-refractivity contribution in [1.29, 1.82) is 0 Å². The Kier molecular flexibility index (Phi) is 6.07. The summed E-state index contributed by atoms with van der Waals surface area (Å²) in [5, 5.41) is 11.7.